The molecule has 332 valence electrons. The fourth-order valence-corrected chi connectivity index (χ4v) is 9.27. The Morgan fingerprint density at radius 2 is 0.703 bits per heavy atom. The fourth-order valence-electron chi connectivity index (χ4n) is 9.27. The zero-order valence-corrected chi connectivity index (χ0v) is 37.5. The van der Waals surface area contributed by atoms with E-state index in [1.807, 2.05) is 147 Å². The molecule has 0 saturated heterocycles. The molecular weight excluding hydrogens is 805 g/mol. The third-order valence-electron chi connectivity index (χ3n) is 12.3. The Hall–Kier alpha value is -6.62. The second-order valence-corrected chi connectivity index (χ2v) is 17.3. The number of benzene rings is 6. The first kappa shape index (κ1) is 45.4. The molecule has 10 heteroatoms. The van der Waals surface area contributed by atoms with Crippen LogP contribution in [-0.4, -0.2) is 68.5 Å². The van der Waals surface area contributed by atoms with Gasteiger partial charge in [0.1, 0.15) is 35.1 Å². The predicted molar refractivity (Wildman–Crippen MR) is 247 cm³/mol. The van der Waals surface area contributed by atoms with Crippen LogP contribution in [0.2, 0.25) is 0 Å². The largest absolute Gasteiger partial charge is 0.507 e. The number of phenolic OH excluding ortho intramolecular Hbond substituents is 4. The minimum atomic E-state index is -0.803. The van der Waals surface area contributed by atoms with Crippen molar-refractivity contribution in [3.8, 4) is 23.0 Å². The van der Waals surface area contributed by atoms with Crippen molar-refractivity contribution in [2.75, 3.05) is 14.2 Å². The molecule has 1 heterocycles. The highest BCUT2D eigenvalue weighted by molar-refractivity contribution is 5.77. The van der Waals surface area contributed by atoms with Crippen LogP contribution in [0, 0.1) is 27.7 Å². The van der Waals surface area contributed by atoms with E-state index in [0.717, 1.165) is 33.4 Å². The molecule has 0 aliphatic carbocycles. The molecule has 0 spiro atoms. The van der Waals surface area contributed by atoms with Gasteiger partial charge < -0.3 is 29.9 Å². The summed E-state index contributed by atoms with van der Waals surface area (Å²) in [5.41, 5.74) is 9.93. The Bertz CT molecular complexity index is 2340. The number of fused-ring (bicyclic) bond motifs is 8. The van der Waals surface area contributed by atoms with E-state index in [1.165, 1.54) is 14.2 Å². The number of aromatic hydroxyl groups is 4. The highest BCUT2D eigenvalue weighted by atomic mass is 16.5. The van der Waals surface area contributed by atoms with E-state index in [2.05, 4.69) is 0 Å². The zero-order valence-electron chi connectivity index (χ0n) is 37.5. The van der Waals surface area contributed by atoms with Crippen molar-refractivity contribution >= 4 is 11.9 Å². The van der Waals surface area contributed by atoms with Gasteiger partial charge in [0, 0.05) is 61.3 Å². The fraction of sp³-hybridized carbons (Fsp3) is 0.296. The number of aryl methyl sites for hydroxylation is 4. The van der Waals surface area contributed by atoms with Crippen molar-refractivity contribution in [1.82, 2.24) is 9.80 Å². The maximum absolute atomic E-state index is 13.8. The van der Waals surface area contributed by atoms with Crippen LogP contribution in [0.15, 0.2) is 109 Å². The van der Waals surface area contributed by atoms with Crippen molar-refractivity contribution in [2.45, 2.75) is 91.6 Å². The number of rotatable bonds is 8. The molecule has 6 aromatic carbocycles. The second kappa shape index (κ2) is 19.8. The predicted octanol–water partition coefficient (Wildman–Crippen LogP) is 8.81. The quantitative estimate of drug-likeness (QED) is 0.110. The van der Waals surface area contributed by atoms with Crippen molar-refractivity contribution in [2.24, 2.45) is 0 Å². The van der Waals surface area contributed by atoms with Crippen LogP contribution in [0.4, 0.5) is 0 Å². The van der Waals surface area contributed by atoms with Gasteiger partial charge in [0.05, 0.1) is 14.2 Å². The van der Waals surface area contributed by atoms with Gasteiger partial charge in [-0.1, -0.05) is 131 Å². The summed E-state index contributed by atoms with van der Waals surface area (Å²) < 4.78 is 10.8. The van der Waals surface area contributed by atoms with Crippen LogP contribution in [0.3, 0.4) is 0 Å². The maximum atomic E-state index is 13.8. The Balaban J connectivity index is 1.43. The minimum absolute atomic E-state index is 0.0320. The molecule has 0 amide bonds. The molecule has 0 fully saturated rings. The first-order chi connectivity index (χ1) is 30.7. The maximum Gasteiger partial charge on any atom is 0.323 e. The molecule has 1 aliphatic heterocycles. The number of hydrogen-bond acceptors (Lipinski definition) is 10. The number of carbonyl (C=O) groups is 2. The minimum Gasteiger partial charge on any atom is -0.507 e. The second-order valence-electron chi connectivity index (χ2n) is 17.3. The molecule has 0 aromatic heterocycles. The number of esters is 2. The van der Waals surface area contributed by atoms with Crippen LogP contribution in [0.1, 0.15) is 77.9 Å². The van der Waals surface area contributed by atoms with Gasteiger partial charge in [-0.15, -0.1) is 0 Å². The molecule has 8 bridgehead atoms. The Morgan fingerprint density at radius 1 is 0.453 bits per heavy atom. The average Bonchev–Trinajstić information content (AvgIpc) is 3.27. The normalized spacial score (nSPS) is 14.6. The zero-order chi connectivity index (χ0) is 45.7. The van der Waals surface area contributed by atoms with Gasteiger partial charge in [-0.3, -0.25) is 19.4 Å². The molecule has 4 N–H and O–H groups in total. The van der Waals surface area contributed by atoms with Crippen molar-refractivity contribution in [3.63, 3.8) is 0 Å². The van der Waals surface area contributed by atoms with Crippen LogP contribution >= 0.6 is 0 Å². The SMILES string of the molecule is COC(=O)[C@@H](Cc1ccccc1)N1Cc2cc(C)cc(c2O)Cc2cc(C)cc(c2O)CN([C@H](Cc2ccccc2)C(=O)OC)Cc2cc(C)cc(c2O)Cc2cc(C)cc(c2O)C1. The highest BCUT2D eigenvalue weighted by Gasteiger charge is 2.32. The third-order valence-corrected chi connectivity index (χ3v) is 12.3. The van der Waals surface area contributed by atoms with Crippen LogP contribution in [0.5, 0.6) is 23.0 Å². The summed E-state index contributed by atoms with van der Waals surface area (Å²) in [4.78, 5) is 31.5. The van der Waals surface area contributed by atoms with Crippen LogP contribution in [0.25, 0.3) is 0 Å². The average molecular weight is 863 g/mol. The number of phenols is 4. The molecule has 6 aromatic rings. The highest BCUT2D eigenvalue weighted by Crippen LogP contribution is 2.38. The van der Waals surface area contributed by atoms with Gasteiger partial charge in [-0.2, -0.15) is 0 Å². The summed E-state index contributed by atoms with van der Waals surface area (Å²) in [5, 5.41) is 48.6. The monoisotopic (exact) mass is 862 g/mol. The number of methoxy groups -OCH3 is 2. The molecule has 64 heavy (non-hydrogen) atoms. The first-order valence-corrected chi connectivity index (χ1v) is 21.7. The summed E-state index contributed by atoms with van der Waals surface area (Å²) in [7, 11) is 2.72. The lowest BCUT2D eigenvalue weighted by Gasteiger charge is -2.32. The summed E-state index contributed by atoms with van der Waals surface area (Å²) in [6.45, 7) is 8.26. The molecular formula is C54H58N2O8. The van der Waals surface area contributed by atoms with Gasteiger partial charge in [-0.25, -0.2) is 0 Å². The van der Waals surface area contributed by atoms with Gasteiger partial charge in [0.25, 0.3) is 0 Å². The topological polar surface area (TPSA) is 140 Å². The molecule has 10 nitrogen and oxygen atoms in total. The van der Waals surface area contributed by atoms with E-state index >= 15 is 0 Å². The number of hydrogen-bond donors (Lipinski definition) is 4. The Labute approximate surface area is 376 Å². The lowest BCUT2D eigenvalue weighted by Crippen LogP contribution is -2.42. The lowest BCUT2D eigenvalue weighted by atomic mass is 9.93. The third kappa shape index (κ3) is 10.4. The number of nitrogens with zero attached hydrogens (tertiary/aromatic N) is 2. The van der Waals surface area contributed by atoms with E-state index < -0.39 is 24.0 Å². The molecule has 2 atom stereocenters. The van der Waals surface area contributed by atoms with Crippen molar-refractivity contribution < 1.29 is 39.5 Å². The summed E-state index contributed by atoms with van der Waals surface area (Å²) in [6, 6.07) is 32.9. The molecule has 0 unspecified atom stereocenters. The van der Waals surface area contributed by atoms with Gasteiger partial charge >= 0.3 is 11.9 Å². The van der Waals surface area contributed by atoms with Crippen molar-refractivity contribution in [3.05, 3.63) is 187 Å². The first-order valence-electron chi connectivity index (χ1n) is 21.7. The molecule has 1 aliphatic rings. The van der Waals surface area contributed by atoms with Gasteiger partial charge in [0.15, 0.2) is 0 Å². The summed E-state index contributed by atoms with van der Waals surface area (Å²) >= 11 is 0. The summed E-state index contributed by atoms with van der Waals surface area (Å²) in [6.07, 6.45) is 0.983. The van der Waals surface area contributed by atoms with E-state index in [9.17, 15) is 30.0 Å². The molecule has 0 radical (unpaired) electrons. The Kier molecular flexibility index (Phi) is 14.1. The van der Waals surface area contributed by atoms with E-state index in [0.29, 0.717) is 57.3 Å². The summed E-state index contributed by atoms with van der Waals surface area (Å²) in [5.74, 6) is -0.789. The molecule has 0 saturated carbocycles. The van der Waals surface area contributed by atoms with Gasteiger partial charge in [-0.05, 0) is 73.9 Å². The smallest absolute Gasteiger partial charge is 0.323 e. The lowest BCUT2D eigenvalue weighted by molar-refractivity contribution is -0.148. The standard InChI is InChI=1S/C54H58N2O8/c1-33-17-39-27-40-18-34(2)22-45(50(40)58)31-56(48(54(62)64-6)26-38-15-11-8-12-16-38)32-46-24-36(4)20-42(52(46)60)28-41-19-35(3)23-44(51(41)59)30-55(29-43(21-33)49(39)57)47(53(61)63-5)25-37-13-9-7-10-14-37/h7-24,47-48,57-60H,25-32H2,1-6H3/t47-,48-/m1/s1. The van der Waals surface area contributed by atoms with E-state index in [-0.39, 0.29) is 62.0 Å². The number of ether oxygens (including phenoxy) is 2. The Morgan fingerprint density at radius 3 is 0.953 bits per heavy atom. The van der Waals surface area contributed by atoms with Crippen LogP contribution in [-0.2, 0) is 70.9 Å². The van der Waals surface area contributed by atoms with E-state index in [1.54, 1.807) is 0 Å². The van der Waals surface area contributed by atoms with Gasteiger partial charge in [0.2, 0.25) is 0 Å². The molecule has 7 rings (SSSR count). The number of carbonyl (C=O) groups excluding carboxylic acids is 2. The van der Waals surface area contributed by atoms with Crippen LogP contribution < -0.4 is 0 Å². The van der Waals surface area contributed by atoms with Crippen molar-refractivity contribution in [1.29, 1.82) is 0 Å². The van der Waals surface area contributed by atoms with E-state index in [4.69, 9.17) is 9.47 Å².